The number of hydrogen-bond acceptors (Lipinski definition) is 5. The number of benzene rings is 1. The zero-order valence-electron chi connectivity index (χ0n) is 13.6. The van der Waals surface area contributed by atoms with Crippen LogP contribution >= 0.6 is 0 Å². The van der Waals surface area contributed by atoms with E-state index in [1.165, 1.54) is 11.8 Å². The van der Waals surface area contributed by atoms with Crippen molar-refractivity contribution in [1.82, 2.24) is 5.32 Å². The fraction of sp³-hybridized carbons (Fsp3) is 0.444. The molecule has 1 aromatic rings. The molecule has 1 amide bonds. The summed E-state index contributed by atoms with van der Waals surface area (Å²) in [5.74, 6) is -1.02. The third kappa shape index (κ3) is 3.69. The van der Waals surface area contributed by atoms with Crippen LogP contribution in [-0.2, 0) is 30.2 Å². The Balaban J connectivity index is 1.59. The van der Waals surface area contributed by atoms with Crippen molar-refractivity contribution in [3.63, 3.8) is 0 Å². The monoisotopic (exact) mass is 331 g/mol. The van der Waals surface area contributed by atoms with Gasteiger partial charge in [0, 0.05) is 0 Å². The summed E-state index contributed by atoms with van der Waals surface area (Å²) in [6.07, 6.45) is 3.24. The molecule has 1 heterocycles. The Morgan fingerprint density at radius 3 is 2.92 bits per heavy atom. The van der Waals surface area contributed by atoms with Gasteiger partial charge in [0.1, 0.15) is 19.5 Å². The standard InChI is InChI=1S/C18H21NO5/c1-12(24-18(21)16-11-22-9-10-23-16)17(20)19-15-8-4-6-13-5-2-3-7-14(13)15/h2-3,5,7,11-12,15H,4,6,8-10H2,1H3,(H,19,20)/t12-,15+/m1/s1. The summed E-state index contributed by atoms with van der Waals surface area (Å²) in [5.41, 5.74) is 2.40. The van der Waals surface area contributed by atoms with Gasteiger partial charge in [-0.2, -0.15) is 0 Å². The number of carbonyl (C=O) groups excluding carboxylic acids is 2. The molecular formula is C18H21NO5. The molecule has 1 N–H and O–H groups in total. The first-order valence-electron chi connectivity index (χ1n) is 8.19. The van der Waals surface area contributed by atoms with E-state index in [-0.39, 0.29) is 17.7 Å². The van der Waals surface area contributed by atoms with E-state index in [0.717, 1.165) is 24.8 Å². The molecule has 2 atom stereocenters. The van der Waals surface area contributed by atoms with Crippen molar-refractivity contribution in [2.75, 3.05) is 13.2 Å². The highest BCUT2D eigenvalue weighted by atomic mass is 16.6. The largest absolute Gasteiger partial charge is 0.493 e. The first kappa shape index (κ1) is 16.4. The van der Waals surface area contributed by atoms with Crippen molar-refractivity contribution in [2.45, 2.75) is 38.3 Å². The highest BCUT2D eigenvalue weighted by Crippen LogP contribution is 2.29. The van der Waals surface area contributed by atoms with E-state index < -0.39 is 12.1 Å². The molecule has 0 radical (unpaired) electrons. The van der Waals surface area contributed by atoms with E-state index in [2.05, 4.69) is 11.4 Å². The molecule has 6 heteroatoms. The smallest absolute Gasteiger partial charge is 0.377 e. The van der Waals surface area contributed by atoms with Crippen molar-refractivity contribution < 1.29 is 23.8 Å². The summed E-state index contributed by atoms with van der Waals surface area (Å²) < 4.78 is 15.3. The van der Waals surface area contributed by atoms with Crippen molar-refractivity contribution in [2.24, 2.45) is 0 Å². The average molecular weight is 331 g/mol. The van der Waals surface area contributed by atoms with Gasteiger partial charge in [-0.25, -0.2) is 4.79 Å². The van der Waals surface area contributed by atoms with Gasteiger partial charge in [-0.05, 0) is 37.3 Å². The molecule has 0 saturated heterocycles. The summed E-state index contributed by atoms with van der Waals surface area (Å²) in [7, 11) is 0. The molecule has 0 unspecified atom stereocenters. The number of amides is 1. The third-order valence-corrected chi connectivity index (χ3v) is 4.19. The van der Waals surface area contributed by atoms with Gasteiger partial charge in [0.2, 0.25) is 5.76 Å². The molecule has 2 aliphatic rings. The molecule has 0 bridgehead atoms. The van der Waals surface area contributed by atoms with Gasteiger partial charge in [0.25, 0.3) is 5.91 Å². The molecule has 1 aliphatic heterocycles. The number of hydrogen-bond donors (Lipinski definition) is 1. The van der Waals surface area contributed by atoms with E-state index in [4.69, 9.17) is 14.2 Å². The molecule has 24 heavy (non-hydrogen) atoms. The lowest BCUT2D eigenvalue weighted by Crippen LogP contribution is -2.39. The maximum Gasteiger partial charge on any atom is 0.377 e. The van der Waals surface area contributed by atoms with Gasteiger partial charge in [-0.1, -0.05) is 24.3 Å². The quantitative estimate of drug-likeness (QED) is 0.854. The van der Waals surface area contributed by atoms with Crippen LogP contribution in [0.15, 0.2) is 36.3 Å². The minimum atomic E-state index is -0.905. The SMILES string of the molecule is C[C@@H](OC(=O)C1=COCCO1)C(=O)N[C@H]1CCCc2ccccc21. The average Bonchev–Trinajstić information content (AvgIpc) is 2.62. The topological polar surface area (TPSA) is 73.9 Å². The number of nitrogens with one attached hydrogen (secondary N) is 1. The summed E-state index contributed by atoms with van der Waals surface area (Å²) >= 11 is 0. The molecule has 0 fully saturated rings. The zero-order chi connectivity index (χ0) is 16.9. The van der Waals surface area contributed by atoms with E-state index in [9.17, 15) is 9.59 Å². The van der Waals surface area contributed by atoms with Crippen LogP contribution in [0.4, 0.5) is 0 Å². The Kier molecular flexibility index (Phi) is 5.03. The van der Waals surface area contributed by atoms with Crippen LogP contribution in [0.3, 0.4) is 0 Å². The second-order valence-electron chi connectivity index (χ2n) is 5.90. The van der Waals surface area contributed by atoms with Crippen LogP contribution in [-0.4, -0.2) is 31.2 Å². The summed E-state index contributed by atoms with van der Waals surface area (Å²) in [5, 5.41) is 2.98. The molecule has 0 aromatic heterocycles. The molecular weight excluding hydrogens is 310 g/mol. The van der Waals surface area contributed by atoms with E-state index >= 15 is 0 Å². The summed E-state index contributed by atoms with van der Waals surface area (Å²) in [4.78, 5) is 24.3. The lowest BCUT2D eigenvalue weighted by atomic mass is 9.87. The number of fused-ring (bicyclic) bond motifs is 1. The summed E-state index contributed by atoms with van der Waals surface area (Å²) in [6, 6.07) is 8.06. The second kappa shape index (κ2) is 7.38. The molecule has 0 saturated carbocycles. The Morgan fingerprint density at radius 2 is 2.12 bits per heavy atom. The van der Waals surface area contributed by atoms with E-state index in [1.54, 1.807) is 6.92 Å². The van der Waals surface area contributed by atoms with Crippen LogP contribution in [0, 0.1) is 0 Å². The number of rotatable bonds is 4. The highest BCUT2D eigenvalue weighted by molar-refractivity contribution is 5.90. The maximum absolute atomic E-state index is 12.4. The van der Waals surface area contributed by atoms with E-state index in [1.807, 2.05) is 18.2 Å². The molecule has 3 rings (SSSR count). The van der Waals surface area contributed by atoms with Crippen LogP contribution < -0.4 is 5.32 Å². The molecule has 6 nitrogen and oxygen atoms in total. The van der Waals surface area contributed by atoms with Crippen molar-refractivity contribution >= 4 is 11.9 Å². The number of aryl methyl sites for hydroxylation is 1. The number of carbonyl (C=O) groups is 2. The lowest BCUT2D eigenvalue weighted by molar-refractivity contribution is -0.155. The third-order valence-electron chi connectivity index (χ3n) is 4.19. The molecule has 0 spiro atoms. The molecule has 1 aliphatic carbocycles. The highest BCUT2D eigenvalue weighted by Gasteiger charge is 2.27. The van der Waals surface area contributed by atoms with E-state index in [0.29, 0.717) is 13.2 Å². The number of esters is 1. The van der Waals surface area contributed by atoms with Crippen molar-refractivity contribution in [3.05, 3.63) is 47.4 Å². The Labute approximate surface area is 140 Å². The minimum absolute atomic E-state index is 0.0103. The van der Waals surface area contributed by atoms with Crippen molar-refractivity contribution in [1.29, 1.82) is 0 Å². The van der Waals surface area contributed by atoms with Gasteiger partial charge < -0.3 is 19.5 Å². The molecule has 1 aromatic carbocycles. The molecule has 128 valence electrons. The second-order valence-corrected chi connectivity index (χ2v) is 5.90. The number of ether oxygens (including phenoxy) is 3. The lowest BCUT2D eigenvalue weighted by Gasteiger charge is -2.27. The van der Waals surface area contributed by atoms with Gasteiger partial charge in [0.05, 0.1) is 6.04 Å². The predicted octanol–water partition coefficient (Wildman–Crippen LogP) is 2.00. The fourth-order valence-electron chi connectivity index (χ4n) is 2.94. The maximum atomic E-state index is 12.4. The van der Waals surface area contributed by atoms with Crippen LogP contribution in [0.5, 0.6) is 0 Å². The van der Waals surface area contributed by atoms with Gasteiger partial charge in [0.15, 0.2) is 6.10 Å². The Bertz CT molecular complexity index is 655. The first-order chi connectivity index (χ1) is 11.6. The minimum Gasteiger partial charge on any atom is -0.493 e. The first-order valence-corrected chi connectivity index (χ1v) is 8.19. The summed E-state index contributed by atoms with van der Waals surface area (Å²) in [6.45, 7) is 2.24. The van der Waals surface area contributed by atoms with Crippen LogP contribution in [0.2, 0.25) is 0 Å². The zero-order valence-corrected chi connectivity index (χ0v) is 13.6. The normalized spacial score (nSPS) is 20.5. The predicted molar refractivity (Wildman–Crippen MR) is 85.8 cm³/mol. The van der Waals surface area contributed by atoms with Crippen LogP contribution in [0.1, 0.15) is 36.9 Å². The van der Waals surface area contributed by atoms with Gasteiger partial charge in [-0.3, -0.25) is 4.79 Å². The Hall–Kier alpha value is -2.50. The van der Waals surface area contributed by atoms with Gasteiger partial charge in [-0.15, -0.1) is 0 Å². The van der Waals surface area contributed by atoms with Gasteiger partial charge >= 0.3 is 5.97 Å². The van der Waals surface area contributed by atoms with Crippen LogP contribution in [0.25, 0.3) is 0 Å². The Morgan fingerprint density at radius 1 is 1.29 bits per heavy atom. The fourth-order valence-corrected chi connectivity index (χ4v) is 2.94. The van der Waals surface area contributed by atoms with Crippen molar-refractivity contribution in [3.8, 4) is 0 Å².